The number of fused-ring (bicyclic) bond motifs is 1. The molecular weight excluding hydrogens is 401 g/mol. The van der Waals surface area contributed by atoms with Gasteiger partial charge < -0.3 is 5.11 Å². The topological polar surface area (TPSA) is 32.3 Å². The van der Waals surface area contributed by atoms with Crippen LogP contribution in [0, 0.1) is 0 Å². The number of phenols is 1. The van der Waals surface area contributed by atoms with E-state index in [-0.39, 0.29) is 17.8 Å². The van der Waals surface area contributed by atoms with E-state index >= 15 is 0 Å². The first-order chi connectivity index (χ1) is 14.0. The van der Waals surface area contributed by atoms with Crippen molar-refractivity contribution in [2.24, 2.45) is 0 Å². The Bertz CT molecular complexity index is 1140. The van der Waals surface area contributed by atoms with Crippen LogP contribution in [0.4, 0.5) is 0 Å². The van der Waals surface area contributed by atoms with E-state index in [0.29, 0.717) is 10.0 Å². The van der Waals surface area contributed by atoms with Gasteiger partial charge in [-0.25, -0.2) is 0 Å². The lowest BCUT2D eigenvalue weighted by Gasteiger charge is -2.26. The van der Waals surface area contributed by atoms with Gasteiger partial charge in [-0.1, -0.05) is 96.0 Å². The maximum Gasteiger partial charge on any atom is 0.128 e. The average Bonchev–Trinajstić information content (AvgIpc) is 2.74. The fraction of sp³-hybridized carbons (Fsp3) is 0.120. The van der Waals surface area contributed by atoms with Crippen molar-refractivity contribution in [3.05, 3.63) is 112 Å². The molecule has 0 aromatic heterocycles. The lowest BCUT2D eigenvalue weighted by molar-refractivity contribution is 0.452. The van der Waals surface area contributed by atoms with Crippen LogP contribution in [0.5, 0.6) is 5.75 Å². The average molecular weight is 422 g/mol. The van der Waals surface area contributed by atoms with Crippen LogP contribution in [-0.4, -0.2) is 5.11 Å². The van der Waals surface area contributed by atoms with Gasteiger partial charge in [0.15, 0.2) is 0 Å². The van der Waals surface area contributed by atoms with Gasteiger partial charge >= 0.3 is 0 Å². The third-order valence-electron chi connectivity index (χ3n) is 5.23. The number of phenolic OH excluding ortho intramolecular Hbond substituents is 1. The summed E-state index contributed by atoms with van der Waals surface area (Å²) in [5, 5.41) is 17.7. The molecule has 4 heteroatoms. The Labute approximate surface area is 180 Å². The van der Waals surface area contributed by atoms with E-state index in [4.69, 9.17) is 23.2 Å². The largest absolute Gasteiger partial charge is 0.507 e. The monoisotopic (exact) mass is 421 g/mol. The highest BCUT2D eigenvalue weighted by Crippen LogP contribution is 2.39. The molecule has 2 N–H and O–H groups in total. The van der Waals surface area contributed by atoms with Crippen molar-refractivity contribution in [2.45, 2.75) is 19.0 Å². The minimum Gasteiger partial charge on any atom is -0.507 e. The van der Waals surface area contributed by atoms with E-state index in [0.717, 1.165) is 27.5 Å². The molecule has 2 atom stereocenters. The molecule has 4 aromatic carbocycles. The Hall–Kier alpha value is -2.52. The van der Waals surface area contributed by atoms with Crippen molar-refractivity contribution in [2.75, 3.05) is 0 Å². The Morgan fingerprint density at radius 3 is 2.24 bits per heavy atom. The summed E-state index contributed by atoms with van der Waals surface area (Å²) in [6.07, 6.45) is 0. The summed E-state index contributed by atoms with van der Waals surface area (Å²) in [6.45, 7) is 2.10. The summed E-state index contributed by atoms with van der Waals surface area (Å²) in [5.41, 5.74) is 2.79. The second-order valence-corrected chi connectivity index (χ2v) is 7.97. The van der Waals surface area contributed by atoms with E-state index in [1.165, 1.54) is 0 Å². The molecule has 0 unspecified atom stereocenters. The van der Waals surface area contributed by atoms with Gasteiger partial charge in [0.1, 0.15) is 5.75 Å². The van der Waals surface area contributed by atoms with Crippen molar-refractivity contribution in [1.29, 1.82) is 0 Å². The van der Waals surface area contributed by atoms with Crippen molar-refractivity contribution < 1.29 is 5.11 Å². The highest BCUT2D eigenvalue weighted by molar-refractivity contribution is 6.35. The van der Waals surface area contributed by atoms with E-state index < -0.39 is 0 Å². The van der Waals surface area contributed by atoms with Crippen molar-refractivity contribution in [1.82, 2.24) is 5.32 Å². The number of nitrogens with one attached hydrogen (secondary N) is 1. The summed E-state index contributed by atoms with van der Waals surface area (Å²) < 4.78 is 0. The third-order valence-corrected chi connectivity index (χ3v) is 5.79. The lowest BCUT2D eigenvalue weighted by Crippen LogP contribution is -2.26. The number of benzene rings is 4. The molecule has 0 aliphatic heterocycles. The molecule has 4 aromatic rings. The van der Waals surface area contributed by atoms with Crippen LogP contribution < -0.4 is 5.32 Å². The zero-order valence-corrected chi connectivity index (χ0v) is 17.5. The van der Waals surface area contributed by atoms with Crippen molar-refractivity contribution in [3.63, 3.8) is 0 Å². The van der Waals surface area contributed by atoms with Gasteiger partial charge in [-0.15, -0.1) is 0 Å². The molecule has 0 amide bonds. The van der Waals surface area contributed by atoms with Gasteiger partial charge in [-0.05, 0) is 35.6 Å². The lowest BCUT2D eigenvalue weighted by atomic mass is 9.93. The molecule has 0 aliphatic rings. The molecule has 0 radical (unpaired) electrons. The molecule has 0 saturated carbocycles. The Morgan fingerprint density at radius 2 is 1.48 bits per heavy atom. The second kappa shape index (κ2) is 8.46. The maximum atomic E-state index is 11.1. The molecule has 29 heavy (non-hydrogen) atoms. The van der Waals surface area contributed by atoms with E-state index in [9.17, 15) is 5.11 Å². The summed E-state index contributed by atoms with van der Waals surface area (Å²) in [4.78, 5) is 0. The number of halogens is 2. The first kappa shape index (κ1) is 19.8. The number of hydrogen-bond acceptors (Lipinski definition) is 2. The summed E-state index contributed by atoms with van der Waals surface area (Å²) in [6, 6.07) is 27.2. The van der Waals surface area contributed by atoms with Crippen molar-refractivity contribution >= 4 is 34.0 Å². The van der Waals surface area contributed by atoms with Crippen LogP contribution in [0.15, 0.2) is 84.9 Å². The predicted molar refractivity (Wildman–Crippen MR) is 122 cm³/mol. The highest BCUT2D eigenvalue weighted by Gasteiger charge is 2.23. The third kappa shape index (κ3) is 4.11. The number of rotatable bonds is 5. The standard InChI is InChI=1S/C25H21Cl2NO/c1-16(17-7-3-2-4-8-17)28-24(21-14-12-19(26)15-23(21)27)22-13-11-18-9-5-6-10-20(18)25(22)29/h2-16,24,28-29H,1H3/t16-,24+/m1/s1. The SMILES string of the molecule is C[C@@H](N[C@@H](c1ccc(Cl)cc1Cl)c1ccc2ccccc2c1O)c1ccccc1. The minimum absolute atomic E-state index is 0.0406. The molecule has 2 nitrogen and oxygen atoms in total. The van der Waals surface area contributed by atoms with Gasteiger partial charge in [0, 0.05) is 27.0 Å². The fourth-order valence-corrected chi connectivity index (χ4v) is 4.19. The molecule has 0 fully saturated rings. The molecule has 0 bridgehead atoms. The number of hydrogen-bond donors (Lipinski definition) is 2. The molecule has 0 saturated heterocycles. The minimum atomic E-state index is -0.306. The van der Waals surface area contributed by atoms with Gasteiger partial charge in [-0.2, -0.15) is 0 Å². The highest BCUT2D eigenvalue weighted by atomic mass is 35.5. The normalized spacial score (nSPS) is 13.3. The van der Waals surface area contributed by atoms with Crippen LogP contribution in [0.3, 0.4) is 0 Å². The predicted octanol–water partition coefficient (Wildman–Crippen LogP) is 7.29. The molecule has 146 valence electrons. The molecule has 0 spiro atoms. The van der Waals surface area contributed by atoms with Crippen LogP contribution >= 0.6 is 23.2 Å². The zero-order chi connectivity index (χ0) is 20.4. The van der Waals surface area contributed by atoms with Crippen LogP contribution in [0.2, 0.25) is 10.0 Å². The maximum absolute atomic E-state index is 11.1. The number of aromatic hydroxyl groups is 1. The molecule has 0 aliphatic carbocycles. The van der Waals surface area contributed by atoms with Gasteiger partial charge in [0.2, 0.25) is 0 Å². The van der Waals surface area contributed by atoms with E-state index in [1.54, 1.807) is 6.07 Å². The van der Waals surface area contributed by atoms with Crippen LogP contribution in [0.1, 0.15) is 35.7 Å². The van der Waals surface area contributed by atoms with Gasteiger partial charge in [0.25, 0.3) is 0 Å². The van der Waals surface area contributed by atoms with Gasteiger partial charge in [0.05, 0.1) is 6.04 Å². The Balaban J connectivity index is 1.83. The Kier molecular flexibility index (Phi) is 5.77. The first-order valence-corrected chi connectivity index (χ1v) is 10.3. The smallest absolute Gasteiger partial charge is 0.128 e. The molecule has 4 rings (SSSR count). The quantitative estimate of drug-likeness (QED) is 0.354. The van der Waals surface area contributed by atoms with E-state index in [2.05, 4.69) is 24.4 Å². The van der Waals surface area contributed by atoms with Crippen molar-refractivity contribution in [3.8, 4) is 5.75 Å². The summed E-state index contributed by atoms with van der Waals surface area (Å²) in [5.74, 6) is 0.256. The molecule has 0 heterocycles. The van der Waals surface area contributed by atoms with Crippen LogP contribution in [-0.2, 0) is 0 Å². The first-order valence-electron chi connectivity index (χ1n) is 9.51. The molecular formula is C25H21Cl2NO. The summed E-state index contributed by atoms with van der Waals surface area (Å²) in [7, 11) is 0. The Morgan fingerprint density at radius 1 is 0.793 bits per heavy atom. The van der Waals surface area contributed by atoms with E-state index in [1.807, 2.05) is 66.7 Å². The summed E-state index contributed by atoms with van der Waals surface area (Å²) >= 11 is 12.7. The van der Waals surface area contributed by atoms with Gasteiger partial charge in [-0.3, -0.25) is 5.32 Å². The van der Waals surface area contributed by atoms with Crippen LogP contribution in [0.25, 0.3) is 10.8 Å². The fourth-order valence-electron chi connectivity index (χ4n) is 3.68. The zero-order valence-electron chi connectivity index (χ0n) is 15.9. The second-order valence-electron chi connectivity index (χ2n) is 7.12.